The summed E-state index contributed by atoms with van der Waals surface area (Å²) < 4.78 is 5.83. The molecule has 44 heavy (non-hydrogen) atoms. The first-order valence-corrected chi connectivity index (χ1v) is 18.8. The molecular formula is C40H62N2O2. The van der Waals surface area contributed by atoms with Crippen molar-refractivity contribution >= 4 is 5.97 Å². The van der Waals surface area contributed by atoms with Crippen LogP contribution < -0.4 is 4.74 Å². The molecule has 0 unspecified atom stereocenters. The van der Waals surface area contributed by atoms with Crippen LogP contribution in [0.15, 0.2) is 36.7 Å². The Bertz CT molecular complexity index is 1030. The number of carbonyl (C=O) groups excluding carboxylic acids is 1. The molecule has 0 saturated heterocycles. The van der Waals surface area contributed by atoms with Gasteiger partial charge in [-0.25, -0.2) is 9.97 Å². The number of carbonyl (C=O) groups is 1. The fourth-order valence-electron chi connectivity index (χ4n) is 7.78. The third-order valence-electron chi connectivity index (χ3n) is 10.7. The third kappa shape index (κ3) is 11.9. The molecule has 0 bridgehead atoms. The van der Waals surface area contributed by atoms with E-state index in [0.29, 0.717) is 5.75 Å². The molecule has 0 spiro atoms. The largest absolute Gasteiger partial charge is 0.426 e. The van der Waals surface area contributed by atoms with Crippen LogP contribution in [0.2, 0.25) is 0 Å². The Balaban J connectivity index is 1.10. The van der Waals surface area contributed by atoms with Crippen molar-refractivity contribution in [3.63, 3.8) is 0 Å². The highest BCUT2D eigenvalue weighted by atomic mass is 16.5. The summed E-state index contributed by atoms with van der Waals surface area (Å²) in [6.07, 6.45) is 34.1. The zero-order valence-corrected chi connectivity index (χ0v) is 28.2. The Labute approximate surface area is 269 Å². The molecule has 1 aromatic carbocycles. The van der Waals surface area contributed by atoms with E-state index in [1.165, 1.54) is 134 Å². The second-order valence-corrected chi connectivity index (χ2v) is 14.2. The van der Waals surface area contributed by atoms with E-state index < -0.39 is 0 Å². The van der Waals surface area contributed by atoms with E-state index in [2.05, 4.69) is 23.8 Å². The molecule has 2 aliphatic rings. The van der Waals surface area contributed by atoms with Crippen LogP contribution in [-0.4, -0.2) is 15.9 Å². The lowest BCUT2D eigenvalue weighted by atomic mass is 9.68. The highest BCUT2D eigenvalue weighted by molar-refractivity contribution is 5.75. The molecule has 2 saturated carbocycles. The average Bonchev–Trinajstić information content (AvgIpc) is 3.07. The molecule has 1 aromatic heterocycles. The normalized spacial score (nSPS) is 22.1. The fourth-order valence-corrected chi connectivity index (χ4v) is 7.78. The van der Waals surface area contributed by atoms with Crippen molar-refractivity contribution in [2.75, 3.05) is 0 Å². The average molecular weight is 603 g/mol. The maximum Gasteiger partial charge on any atom is 0.314 e. The molecule has 0 radical (unpaired) electrons. The molecule has 0 atom stereocenters. The van der Waals surface area contributed by atoms with Crippen LogP contribution in [-0.2, 0) is 11.2 Å². The van der Waals surface area contributed by atoms with Gasteiger partial charge in [-0.2, -0.15) is 0 Å². The summed E-state index contributed by atoms with van der Waals surface area (Å²) in [4.78, 5) is 22.2. The maximum atomic E-state index is 13.0. The van der Waals surface area contributed by atoms with Gasteiger partial charge in [0.1, 0.15) is 5.75 Å². The Morgan fingerprint density at radius 1 is 0.659 bits per heavy atom. The van der Waals surface area contributed by atoms with Crippen LogP contribution in [0.5, 0.6) is 5.75 Å². The Hall–Kier alpha value is -2.23. The van der Waals surface area contributed by atoms with Gasteiger partial charge in [-0.05, 0) is 98.9 Å². The summed E-state index contributed by atoms with van der Waals surface area (Å²) in [6, 6.07) is 7.71. The van der Waals surface area contributed by atoms with Crippen molar-refractivity contribution in [3.8, 4) is 17.1 Å². The summed E-state index contributed by atoms with van der Waals surface area (Å²) >= 11 is 0. The van der Waals surface area contributed by atoms with E-state index in [1.54, 1.807) is 0 Å². The van der Waals surface area contributed by atoms with Gasteiger partial charge < -0.3 is 4.74 Å². The minimum Gasteiger partial charge on any atom is -0.426 e. The van der Waals surface area contributed by atoms with Gasteiger partial charge in [0, 0.05) is 18.0 Å². The van der Waals surface area contributed by atoms with Gasteiger partial charge >= 0.3 is 5.97 Å². The number of benzene rings is 1. The molecule has 4 rings (SSSR count). The van der Waals surface area contributed by atoms with Crippen LogP contribution >= 0.6 is 0 Å². The summed E-state index contributed by atoms with van der Waals surface area (Å²) in [7, 11) is 0. The number of ether oxygens (including phenoxy) is 1. The van der Waals surface area contributed by atoms with E-state index in [9.17, 15) is 4.79 Å². The molecule has 2 fully saturated rings. The summed E-state index contributed by atoms with van der Waals surface area (Å²) in [5.41, 5.74) is 2.17. The SMILES string of the molecule is CCCCCCCCCCCCc1cnc(-c2ccc(OC(=O)C3CCC(C4CCC(CCCCC)CC4)CC3)cc2)nc1. The Morgan fingerprint density at radius 2 is 1.18 bits per heavy atom. The molecule has 1 heterocycles. The van der Waals surface area contributed by atoms with Gasteiger partial charge in [0.05, 0.1) is 5.92 Å². The predicted octanol–water partition coefficient (Wildman–Crippen LogP) is 11.7. The standard InChI is InChI=1S/C40H62N2O2/c1-3-5-7-8-9-10-11-12-13-15-17-33-30-41-39(42-31-33)36-26-28-38(29-27-36)44-40(43)37-24-22-35(23-25-37)34-20-18-32(19-21-34)16-14-6-4-2/h26-32,34-35,37H,3-25H2,1-2H3. The number of rotatable bonds is 19. The van der Waals surface area contributed by atoms with Crippen molar-refractivity contribution in [2.45, 2.75) is 162 Å². The van der Waals surface area contributed by atoms with Crippen LogP contribution in [0.4, 0.5) is 0 Å². The molecule has 4 nitrogen and oxygen atoms in total. The number of nitrogens with zero attached hydrogens (tertiary/aromatic N) is 2. The highest BCUT2D eigenvalue weighted by Crippen LogP contribution is 2.42. The zero-order chi connectivity index (χ0) is 30.8. The molecule has 4 heteroatoms. The van der Waals surface area contributed by atoms with E-state index in [0.717, 1.165) is 48.4 Å². The molecule has 0 amide bonds. The van der Waals surface area contributed by atoms with Gasteiger partial charge in [-0.15, -0.1) is 0 Å². The van der Waals surface area contributed by atoms with Gasteiger partial charge in [-0.1, -0.05) is 110 Å². The minimum absolute atomic E-state index is 0.0442. The molecule has 0 aliphatic heterocycles. The molecule has 244 valence electrons. The molecule has 2 aromatic rings. The van der Waals surface area contributed by atoms with Crippen LogP contribution in [0.25, 0.3) is 11.4 Å². The topological polar surface area (TPSA) is 52.1 Å². The van der Waals surface area contributed by atoms with Crippen molar-refractivity contribution < 1.29 is 9.53 Å². The van der Waals surface area contributed by atoms with Crippen molar-refractivity contribution in [3.05, 3.63) is 42.2 Å². The number of hydrogen-bond donors (Lipinski definition) is 0. The predicted molar refractivity (Wildman–Crippen MR) is 184 cm³/mol. The number of hydrogen-bond acceptors (Lipinski definition) is 4. The smallest absolute Gasteiger partial charge is 0.314 e. The molecule has 0 N–H and O–H groups in total. The second kappa shape index (κ2) is 20.0. The fraction of sp³-hybridized carbons (Fsp3) is 0.725. The van der Waals surface area contributed by atoms with Crippen LogP contribution in [0, 0.1) is 23.7 Å². The van der Waals surface area contributed by atoms with E-state index >= 15 is 0 Å². The van der Waals surface area contributed by atoms with E-state index in [4.69, 9.17) is 4.74 Å². The minimum atomic E-state index is -0.0524. The summed E-state index contributed by atoms with van der Waals surface area (Å²) in [6.45, 7) is 4.58. The Kier molecular flexibility index (Phi) is 15.8. The van der Waals surface area contributed by atoms with Crippen molar-refractivity contribution in [1.82, 2.24) is 9.97 Å². The zero-order valence-electron chi connectivity index (χ0n) is 28.2. The number of unbranched alkanes of at least 4 members (excludes halogenated alkanes) is 11. The highest BCUT2D eigenvalue weighted by Gasteiger charge is 2.33. The number of esters is 1. The van der Waals surface area contributed by atoms with Gasteiger partial charge in [0.15, 0.2) is 5.82 Å². The van der Waals surface area contributed by atoms with Crippen LogP contribution in [0.1, 0.15) is 161 Å². The molecular weight excluding hydrogens is 540 g/mol. The van der Waals surface area contributed by atoms with E-state index in [1.807, 2.05) is 36.7 Å². The van der Waals surface area contributed by atoms with E-state index in [-0.39, 0.29) is 11.9 Å². The lowest BCUT2D eigenvalue weighted by Gasteiger charge is -2.37. The summed E-state index contributed by atoms with van der Waals surface area (Å²) in [5, 5.41) is 0. The molecule has 2 aliphatic carbocycles. The first-order chi connectivity index (χ1) is 21.7. The van der Waals surface area contributed by atoms with Gasteiger partial charge in [0.25, 0.3) is 0 Å². The first kappa shape index (κ1) is 34.6. The van der Waals surface area contributed by atoms with Gasteiger partial charge in [-0.3, -0.25) is 4.79 Å². The maximum absolute atomic E-state index is 13.0. The van der Waals surface area contributed by atoms with Crippen LogP contribution in [0.3, 0.4) is 0 Å². The number of aryl methyl sites for hydroxylation is 1. The quantitative estimate of drug-likeness (QED) is 0.0911. The lowest BCUT2D eigenvalue weighted by molar-refractivity contribution is -0.140. The number of aromatic nitrogens is 2. The van der Waals surface area contributed by atoms with Crippen molar-refractivity contribution in [2.24, 2.45) is 23.7 Å². The van der Waals surface area contributed by atoms with Gasteiger partial charge in [0.2, 0.25) is 0 Å². The first-order valence-electron chi connectivity index (χ1n) is 18.8. The second-order valence-electron chi connectivity index (χ2n) is 14.2. The summed E-state index contributed by atoms with van der Waals surface area (Å²) in [5.74, 6) is 4.02. The lowest BCUT2D eigenvalue weighted by Crippen LogP contribution is -2.30. The monoisotopic (exact) mass is 602 g/mol. The third-order valence-corrected chi connectivity index (χ3v) is 10.7. The Morgan fingerprint density at radius 3 is 1.77 bits per heavy atom. The van der Waals surface area contributed by atoms with Crippen molar-refractivity contribution in [1.29, 1.82) is 0 Å².